The summed E-state index contributed by atoms with van der Waals surface area (Å²) in [6, 6.07) is 8.88. The topological polar surface area (TPSA) is 42.7 Å². The molecule has 0 saturated carbocycles. The van der Waals surface area contributed by atoms with Crippen LogP contribution in [0.25, 0.3) is 22.4 Å². The van der Waals surface area contributed by atoms with E-state index in [0.717, 1.165) is 23.4 Å². The molecule has 2 aromatic heterocycles. The third-order valence-electron chi connectivity index (χ3n) is 4.28. The zero-order valence-electron chi connectivity index (χ0n) is 13.5. The molecular formula is C18H17Cl2FN4. The Bertz CT molecular complexity index is 896. The Kier molecular flexibility index (Phi) is 5.08. The van der Waals surface area contributed by atoms with E-state index in [1.807, 2.05) is 16.8 Å². The lowest BCUT2D eigenvalue weighted by molar-refractivity contribution is 0.390. The smallest absolute Gasteiger partial charge is 0.134 e. The number of hydrogen-bond donors (Lipinski definition) is 1. The number of nitrogens with zero attached hydrogens (tertiary/aromatic N) is 3. The molecule has 0 fully saturated rings. The maximum Gasteiger partial charge on any atom is 0.134 e. The quantitative estimate of drug-likeness (QED) is 0.721. The molecule has 1 atom stereocenters. The van der Waals surface area contributed by atoms with Crippen LogP contribution in [0.1, 0.15) is 12.6 Å². The molecular weight excluding hydrogens is 362 g/mol. The predicted octanol–water partition coefficient (Wildman–Crippen LogP) is 4.32. The average Bonchev–Trinajstić information content (AvgIpc) is 2.93. The largest absolute Gasteiger partial charge is 0.307 e. The van der Waals surface area contributed by atoms with Gasteiger partial charge in [0.2, 0.25) is 0 Å². The van der Waals surface area contributed by atoms with Crippen molar-refractivity contribution in [1.82, 2.24) is 20.1 Å². The van der Waals surface area contributed by atoms with Crippen LogP contribution >= 0.6 is 24.0 Å². The van der Waals surface area contributed by atoms with Crippen LogP contribution in [0.5, 0.6) is 0 Å². The second-order valence-electron chi connectivity index (χ2n) is 5.99. The lowest BCUT2D eigenvalue weighted by Gasteiger charge is -2.22. The minimum atomic E-state index is -0.366. The number of halogens is 3. The zero-order valence-corrected chi connectivity index (χ0v) is 15.1. The fraction of sp³-hybridized carbons (Fsp3) is 0.222. The van der Waals surface area contributed by atoms with Gasteiger partial charge in [-0.3, -0.25) is 9.67 Å². The molecule has 3 heterocycles. The maximum atomic E-state index is 14.5. The Morgan fingerprint density at radius 1 is 1.24 bits per heavy atom. The van der Waals surface area contributed by atoms with Gasteiger partial charge in [0.15, 0.2) is 0 Å². The molecule has 25 heavy (non-hydrogen) atoms. The Morgan fingerprint density at radius 2 is 2.00 bits per heavy atom. The molecule has 1 N–H and O–H groups in total. The van der Waals surface area contributed by atoms with Crippen LogP contribution < -0.4 is 5.32 Å². The van der Waals surface area contributed by atoms with E-state index in [1.54, 1.807) is 24.5 Å². The lowest BCUT2D eigenvalue weighted by atomic mass is 9.98. The van der Waals surface area contributed by atoms with Gasteiger partial charge in [-0.05, 0) is 42.8 Å². The fourth-order valence-electron chi connectivity index (χ4n) is 3.11. The number of nitrogens with one attached hydrogen (secondary N) is 1. The molecule has 0 saturated heterocycles. The number of rotatable bonds is 2. The van der Waals surface area contributed by atoms with Crippen molar-refractivity contribution in [3.05, 3.63) is 59.3 Å². The predicted molar refractivity (Wildman–Crippen MR) is 99.4 cm³/mol. The first-order valence-electron chi connectivity index (χ1n) is 7.82. The van der Waals surface area contributed by atoms with Crippen LogP contribution in [0, 0.1) is 5.82 Å². The van der Waals surface area contributed by atoms with E-state index >= 15 is 0 Å². The third kappa shape index (κ3) is 3.27. The first kappa shape index (κ1) is 17.9. The van der Waals surface area contributed by atoms with Gasteiger partial charge >= 0.3 is 0 Å². The van der Waals surface area contributed by atoms with Crippen molar-refractivity contribution in [2.45, 2.75) is 26.1 Å². The summed E-state index contributed by atoms with van der Waals surface area (Å²) in [4.78, 5) is 4.08. The molecule has 1 aliphatic rings. The van der Waals surface area contributed by atoms with Gasteiger partial charge in [-0.15, -0.1) is 12.4 Å². The maximum absolute atomic E-state index is 14.5. The molecule has 0 bridgehead atoms. The monoisotopic (exact) mass is 378 g/mol. The highest BCUT2D eigenvalue weighted by Gasteiger charge is 2.25. The van der Waals surface area contributed by atoms with Crippen molar-refractivity contribution in [3.8, 4) is 22.4 Å². The molecule has 130 valence electrons. The van der Waals surface area contributed by atoms with Crippen LogP contribution in [-0.4, -0.2) is 20.8 Å². The van der Waals surface area contributed by atoms with Gasteiger partial charge in [0.05, 0.1) is 12.2 Å². The first-order chi connectivity index (χ1) is 11.6. The highest BCUT2D eigenvalue weighted by atomic mass is 35.5. The van der Waals surface area contributed by atoms with Gasteiger partial charge in [0.25, 0.3) is 0 Å². The number of pyridine rings is 1. The van der Waals surface area contributed by atoms with E-state index in [1.165, 1.54) is 6.07 Å². The second-order valence-corrected chi connectivity index (χ2v) is 6.43. The minimum Gasteiger partial charge on any atom is -0.307 e. The summed E-state index contributed by atoms with van der Waals surface area (Å²) in [5, 5.41) is 8.53. The van der Waals surface area contributed by atoms with Gasteiger partial charge in [0.1, 0.15) is 11.5 Å². The van der Waals surface area contributed by atoms with Crippen molar-refractivity contribution < 1.29 is 4.39 Å². The molecule has 1 aliphatic heterocycles. The zero-order chi connectivity index (χ0) is 16.7. The molecule has 4 rings (SSSR count). The summed E-state index contributed by atoms with van der Waals surface area (Å²) in [6.45, 7) is 3.56. The van der Waals surface area contributed by atoms with Crippen LogP contribution in [0.4, 0.5) is 4.39 Å². The van der Waals surface area contributed by atoms with Crippen LogP contribution in [0.15, 0.2) is 42.7 Å². The van der Waals surface area contributed by atoms with Gasteiger partial charge < -0.3 is 5.32 Å². The highest BCUT2D eigenvalue weighted by Crippen LogP contribution is 2.37. The van der Waals surface area contributed by atoms with Gasteiger partial charge in [0, 0.05) is 41.1 Å². The molecule has 3 aromatic rings. The molecule has 0 amide bonds. The van der Waals surface area contributed by atoms with E-state index in [9.17, 15) is 4.39 Å². The second kappa shape index (κ2) is 7.12. The van der Waals surface area contributed by atoms with E-state index in [4.69, 9.17) is 16.7 Å². The Hall–Kier alpha value is -1.95. The van der Waals surface area contributed by atoms with Crippen LogP contribution in [-0.2, 0) is 13.1 Å². The highest BCUT2D eigenvalue weighted by molar-refractivity contribution is 6.30. The van der Waals surface area contributed by atoms with Crippen molar-refractivity contribution in [1.29, 1.82) is 0 Å². The average molecular weight is 379 g/mol. The fourth-order valence-corrected chi connectivity index (χ4v) is 3.27. The van der Waals surface area contributed by atoms with Crippen molar-refractivity contribution in [2.24, 2.45) is 0 Å². The van der Waals surface area contributed by atoms with E-state index in [0.29, 0.717) is 28.9 Å². The molecule has 0 aliphatic carbocycles. The first-order valence-corrected chi connectivity index (χ1v) is 8.20. The number of fused-ring (bicyclic) bond motifs is 1. The Labute approximate surface area is 156 Å². The van der Waals surface area contributed by atoms with E-state index in [2.05, 4.69) is 17.2 Å². The van der Waals surface area contributed by atoms with Crippen LogP contribution in [0.2, 0.25) is 5.02 Å². The normalized spacial score (nSPS) is 16.2. The summed E-state index contributed by atoms with van der Waals surface area (Å²) >= 11 is 5.90. The molecule has 7 heteroatoms. The number of benzene rings is 1. The minimum absolute atomic E-state index is 0. The summed E-state index contributed by atoms with van der Waals surface area (Å²) in [5.74, 6) is -0.366. The Morgan fingerprint density at radius 3 is 2.72 bits per heavy atom. The molecule has 4 nitrogen and oxygen atoms in total. The van der Waals surface area contributed by atoms with Crippen molar-refractivity contribution >= 4 is 24.0 Å². The summed E-state index contributed by atoms with van der Waals surface area (Å²) in [7, 11) is 0. The van der Waals surface area contributed by atoms with E-state index < -0.39 is 0 Å². The standard InChI is InChI=1S/C18H16ClFN4.ClH/c1-11-10-24-16(9-22-11)17(12-4-6-21-7-5-12)18(23-24)14-3-2-13(19)8-15(14)20;/h2-8,11,22H,9-10H2,1H3;1H. The van der Waals surface area contributed by atoms with Gasteiger partial charge in [-0.1, -0.05) is 11.6 Å². The third-order valence-corrected chi connectivity index (χ3v) is 4.51. The number of hydrogen-bond acceptors (Lipinski definition) is 3. The SMILES string of the molecule is CC1Cn2nc(-c3ccc(Cl)cc3F)c(-c3ccncc3)c2CN1.Cl. The van der Waals surface area contributed by atoms with Gasteiger partial charge in [-0.25, -0.2) is 4.39 Å². The van der Waals surface area contributed by atoms with Crippen molar-refractivity contribution in [3.63, 3.8) is 0 Å². The molecule has 0 radical (unpaired) electrons. The summed E-state index contributed by atoms with van der Waals surface area (Å²) in [5.41, 5.74) is 4.08. The van der Waals surface area contributed by atoms with Crippen molar-refractivity contribution in [2.75, 3.05) is 0 Å². The number of aromatic nitrogens is 3. The molecule has 1 aromatic carbocycles. The van der Waals surface area contributed by atoms with E-state index in [-0.39, 0.29) is 18.2 Å². The van der Waals surface area contributed by atoms with Gasteiger partial charge in [-0.2, -0.15) is 5.10 Å². The van der Waals surface area contributed by atoms with Crippen LogP contribution in [0.3, 0.4) is 0 Å². The molecule has 0 spiro atoms. The summed E-state index contributed by atoms with van der Waals surface area (Å²) in [6.07, 6.45) is 3.47. The lowest BCUT2D eigenvalue weighted by Crippen LogP contribution is -2.36. The molecule has 1 unspecified atom stereocenters. The summed E-state index contributed by atoms with van der Waals surface area (Å²) < 4.78 is 16.5. The Balaban J connectivity index is 0.00000182.